The molecule has 4 rings (SSSR count). The maximum atomic E-state index is 12.3. The van der Waals surface area contributed by atoms with Crippen molar-refractivity contribution in [3.8, 4) is 0 Å². The quantitative estimate of drug-likeness (QED) is 0.315. The summed E-state index contributed by atoms with van der Waals surface area (Å²) in [5.74, 6) is -1.03. The van der Waals surface area contributed by atoms with E-state index in [0.717, 1.165) is 18.0 Å². The van der Waals surface area contributed by atoms with Crippen LogP contribution in [0.3, 0.4) is 0 Å². The van der Waals surface area contributed by atoms with Gasteiger partial charge in [-0.1, -0.05) is 31.7 Å². The van der Waals surface area contributed by atoms with E-state index in [1.165, 1.54) is 12.0 Å². The lowest BCUT2D eigenvalue weighted by atomic mass is 9.49. The van der Waals surface area contributed by atoms with Gasteiger partial charge in [0.1, 0.15) is 0 Å². The number of nitrogens with one attached hydrogen (secondary N) is 2. The Hall–Kier alpha value is -1.47. The summed E-state index contributed by atoms with van der Waals surface area (Å²) < 4.78 is 24.6. The number of thiocarbonyl (C=S) groups is 1. The molecule has 0 radical (unpaired) electrons. The minimum atomic E-state index is -2.42. The molecule has 0 unspecified atom stereocenters. The topological polar surface area (TPSA) is 36.4 Å². The molecule has 3 aliphatic carbocycles. The number of benzene rings is 1. The van der Waals surface area contributed by atoms with Gasteiger partial charge in [0.05, 0.1) is 6.21 Å². The maximum absolute atomic E-state index is 12.3. The van der Waals surface area contributed by atoms with Crippen LogP contribution in [0.4, 0.5) is 14.5 Å². The van der Waals surface area contributed by atoms with E-state index in [9.17, 15) is 8.78 Å². The second kappa shape index (κ2) is 7.41. The van der Waals surface area contributed by atoms with E-state index < -0.39 is 5.76 Å². The molecule has 0 aliphatic heterocycles. The van der Waals surface area contributed by atoms with Crippen LogP contribution in [0.5, 0.6) is 0 Å². The molecule has 2 atom stereocenters. The Kier molecular flexibility index (Phi) is 5.43. The summed E-state index contributed by atoms with van der Waals surface area (Å²) >= 11 is 5.73. The molecule has 0 heterocycles. The van der Waals surface area contributed by atoms with Crippen LogP contribution in [0.1, 0.15) is 26.7 Å². The molecule has 1 aromatic rings. The summed E-state index contributed by atoms with van der Waals surface area (Å²) in [6.07, 6.45) is 6.50. The summed E-state index contributed by atoms with van der Waals surface area (Å²) in [5, 5.41) is 7.59. The highest BCUT2D eigenvalue weighted by Gasteiger charge is 2.50. The van der Waals surface area contributed by atoms with Crippen molar-refractivity contribution in [1.82, 2.24) is 5.43 Å². The molecule has 0 saturated heterocycles. The smallest absolute Gasteiger partial charge is 0.288 e. The number of allylic oxidation sites excluding steroid dienone is 2. The number of alkyl halides is 2. The maximum Gasteiger partial charge on any atom is 0.288 e. The summed E-state index contributed by atoms with van der Waals surface area (Å²) in [6.45, 7) is 4.64. The van der Waals surface area contributed by atoms with Crippen molar-refractivity contribution in [2.45, 2.75) is 37.3 Å². The van der Waals surface area contributed by atoms with E-state index in [-0.39, 0.29) is 0 Å². The fraction of sp³-hybridized carbons (Fsp3) is 0.444. The number of halogens is 2. The number of thioether (sulfide) groups is 1. The Bertz CT molecular complexity index is 699. The zero-order valence-corrected chi connectivity index (χ0v) is 15.8. The fourth-order valence-corrected chi connectivity index (χ4v) is 4.26. The van der Waals surface area contributed by atoms with Gasteiger partial charge in [-0.25, -0.2) is 0 Å². The van der Waals surface area contributed by atoms with Crippen LogP contribution in [0.2, 0.25) is 0 Å². The lowest BCUT2D eigenvalue weighted by molar-refractivity contribution is -0.00126. The zero-order chi connectivity index (χ0) is 18.0. The largest absolute Gasteiger partial charge is 0.331 e. The molecule has 1 aromatic carbocycles. The average Bonchev–Trinajstić information content (AvgIpc) is 2.56. The van der Waals surface area contributed by atoms with Gasteiger partial charge in [0.15, 0.2) is 5.11 Å². The Labute approximate surface area is 156 Å². The molecule has 2 bridgehead atoms. The van der Waals surface area contributed by atoms with Crippen LogP contribution in [-0.2, 0) is 0 Å². The minimum Gasteiger partial charge on any atom is -0.331 e. The minimum absolute atomic E-state index is 0.368. The van der Waals surface area contributed by atoms with Gasteiger partial charge in [-0.05, 0) is 72.1 Å². The van der Waals surface area contributed by atoms with Gasteiger partial charge in [-0.15, -0.1) is 0 Å². The van der Waals surface area contributed by atoms with Crippen LogP contribution < -0.4 is 10.7 Å². The van der Waals surface area contributed by atoms with Gasteiger partial charge >= 0.3 is 0 Å². The highest BCUT2D eigenvalue weighted by atomic mass is 32.2. The van der Waals surface area contributed by atoms with Crippen molar-refractivity contribution in [2.24, 2.45) is 22.4 Å². The molecule has 2 N–H and O–H groups in total. The van der Waals surface area contributed by atoms with E-state index in [0.29, 0.717) is 33.1 Å². The SMILES string of the molecule is CC1(C)[C@H]2CC=C(/C=N\NC(=S)Nc3ccc(SC(F)F)cc3)[C@H]1C2. The van der Waals surface area contributed by atoms with E-state index >= 15 is 0 Å². The lowest BCUT2D eigenvalue weighted by Gasteiger charge is -2.55. The van der Waals surface area contributed by atoms with Crippen molar-refractivity contribution in [3.63, 3.8) is 0 Å². The molecule has 3 nitrogen and oxygen atoms in total. The molecule has 0 aromatic heterocycles. The van der Waals surface area contributed by atoms with Crippen LogP contribution in [-0.4, -0.2) is 17.1 Å². The summed E-state index contributed by atoms with van der Waals surface area (Å²) in [5.41, 5.74) is 5.18. The molecule has 3 aliphatic rings. The number of fused-ring (bicyclic) bond motifs is 1. The summed E-state index contributed by atoms with van der Waals surface area (Å²) in [4.78, 5) is 0.517. The molecule has 0 spiro atoms. The summed E-state index contributed by atoms with van der Waals surface area (Å²) in [6, 6.07) is 6.69. The first kappa shape index (κ1) is 18.3. The first-order chi connectivity index (χ1) is 11.9. The van der Waals surface area contributed by atoms with Crippen LogP contribution in [0, 0.1) is 17.3 Å². The third-order valence-corrected chi connectivity index (χ3v) is 6.14. The molecule has 25 heavy (non-hydrogen) atoms. The molecular formula is C18H21F2N3S2. The molecule has 1 fully saturated rings. The number of hydrazone groups is 1. The predicted molar refractivity (Wildman–Crippen MR) is 104 cm³/mol. The zero-order valence-electron chi connectivity index (χ0n) is 14.1. The molecule has 7 heteroatoms. The third kappa shape index (κ3) is 4.20. The normalized spacial score (nSPS) is 24.0. The van der Waals surface area contributed by atoms with Crippen LogP contribution in [0.15, 0.2) is 45.9 Å². The number of anilines is 1. The van der Waals surface area contributed by atoms with Gasteiger partial charge in [0.25, 0.3) is 5.76 Å². The Balaban J connectivity index is 1.49. The van der Waals surface area contributed by atoms with Crippen molar-refractivity contribution < 1.29 is 8.78 Å². The first-order valence-electron chi connectivity index (χ1n) is 8.21. The van der Waals surface area contributed by atoms with Gasteiger partial charge in [0.2, 0.25) is 0 Å². The predicted octanol–water partition coefficient (Wildman–Crippen LogP) is 5.27. The first-order valence-corrected chi connectivity index (χ1v) is 9.50. The molecule has 0 amide bonds. The second-order valence-corrected chi connectivity index (χ2v) is 8.45. The molecule has 134 valence electrons. The Morgan fingerprint density at radius 3 is 2.68 bits per heavy atom. The van der Waals surface area contributed by atoms with E-state index in [2.05, 4.69) is 35.8 Å². The van der Waals surface area contributed by atoms with Crippen molar-refractivity contribution in [3.05, 3.63) is 35.9 Å². The van der Waals surface area contributed by atoms with Crippen molar-refractivity contribution >= 4 is 41.0 Å². The van der Waals surface area contributed by atoms with Crippen molar-refractivity contribution in [1.29, 1.82) is 0 Å². The van der Waals surface area contributed by atoms with E-state index in [4.69, 9.17) is 12.2 Å². The van der Waals surface area contributed by atoms with Crippen LogP contribution in [0.25, 0.3) is 0 Å². The number of hydrogen-bond acceptors (Lipinski definition) is 3. The highest BCUT2D eigenvalue weighted by Crippen LogP contribution is 2.58. The summed E-state index contributed by atoms with van der Waals surface area (Å²) in [7, 11) is 0. The highest BCUT2D eigenvalue weighted by molar-refractivity contribution is 7.99. The standard InChI is InChI=1S/C18H21F2N3S2/c1-18(2)12-4-3-11(15(18)9-12)10-21-23-17(24)22-13-5-7-14(8-6-13)25-16(19)20/h3,5-8,10,12,15-16H,4,9H2,1-2H3,(H2,22,23,24)/b21-10-/t12-,15+/m0/s1. The molecular weight excluding hydrogens is 360 g/mol. The number of nitrogens with zero attached hydrogens (tertiary/aromatic N) is 1. The lowest BCUT2D eigenvalue weighted by Crippen LogP contribution is -2.48. The van der Waals surface area contributed by atoms with Gasteiger partial charge in [-0.3, -0.25) is 5.43 Å². The monoisotopic (exact) mass is 381 g/mol. The number of hydrogen-bond donors (Lipinski definition) is 2. The van der Waals surface area contributed by atoms with Gasteiger partial charge < -0.3 is 5.32 Å². The Morgan fingerprint density at radius 2 is 2.08 bits per heavy atom. The van der Waals surface area contributed by atoms with Crippen LogP contribution >= 0.6 is 24.0 Å². The third-order valence-electron chi connectivity index (χ3n) is 5.23. The molecule has 1 saturated carbocycles. The second-order valence-electron chi connectivity index (χ2n) is 6.97. The average molecular weight is 382 g/mol. The van der Waals surface area contributed by atoms with Gasteiger partial charge in [-0.2, -0.15) is 13.9 Å². The number of rotatable bonds is 5. The Morgan fingerprint density at radius 1 is 1.36 bits per heavy atom. The van der Waals surface area contributed by atoms with E-state index in [1.54, 1.807) is 24.3 Å². The van der Waals surface area contributed by atoms with Gasteiger partial charge in [0, 0.05) is 10.6 Å². The van der Waals surface area contributed by atoms with E-state index in [1.807, 2.05) is 6.21 Å². The van der Waals surface area contributed by atoms with Crippen molar-refractivity contribution in [2.75, 3.05) is 5.32 Å². The fourth-order valence-electron chi connectivity index (χ4n) is 3.59.